The summed E-state index contributed by atoms with van der Waals surface area (Å²) in [5.74, 6) is -0.695. The molecule has 1 amide bonds. The molecule has 0 bridgehead atoms. The molecule has 0 saturated carbocycles. The number of para-hydroxylation sites is 1. The van der Waals surface area contributed by atoms with Crippen LogP contribution in [0, 0.1) is 5.92 Å². The fourth-order valence-electron chi connectivity index (χ4n) is 1.71. The van der Waals surface area contributed by atoms with Crippen molar-refractivity contribution < 1.29 is 14.3 Å². The first-order valence-electron chi connectivity index (χ1n) is 5.93. The molecule has 100 valence electrons. The highest BCUT2D eigenvalue weighted by Gasteiger charge is 2.26. The van der Waals surface area contributed by atoms with E-state index in [2.05, 4.69) is 20.4 Å². The number of nitrogens with one attached hydrogen (secondary N) is 2. The topological polar surface area (TPSA) is 79.8 Å². The number of carbonyl (C=O) groups excluding carboxylic acids is 2. The molecule has 0 aliphatic carbocycles. The van der Waals surface area contributed by atoms with E-state index >= 15 is 0 Å². The zero-order valence-electron chi connectivity index (χ0n) is 10.6. The lowest BCUT2D eigenvalue weighted by Crippen LogP contribution is -2.45. The molecule has 19 heavy (non-hydrogen) atoms. The van der Waals surface area contributed by atoms with Crippen molar-refractivity contribution in [1.29, 1.82) is 0 Å². The van der Waals surface area contributed by atoms with Gasteiger partial charge in [-0.25, -0.2) is 0 Å². The van der Waals surface area contributed by atoms with Gasteiger partial charge in [0.1, 0.15) is 0 Å². The summed E-state index contributed by atoms with van der Waals surface area (Å²) in [5, 5.41) is 5.64. The molecule has 1 aromatic rings. The normalized spacial score (nSPS) is 18.3. The predicted molar refractivity (Wildman–Crippen MR) is 70.6 cm³/mol. The number of hydrogen-bond acceptors (Lipinski definition) is 5. The molecule has 1 heterocycles. The third kappa shape index (κ3) is 3.54. The molecule has 6 nitrogen and oxygen atoms in total. The molecular weight excluding hydrogens is 246 g/mol. The van der Waals surface area contributed by atoms with Gasteiger partial charge >= 0.3 is 5.97 Å². The van der Waals surface area contributed by atoms with Crippen molar-refractivity contribution in [2.45, 2.75) is 6.42 Å². The van der Waals surface area contributed by atoms with E-state index in [9.17, 15) is 9.59 Å². The first kappa shape index (κ1) is 13.1. The zero-order valence-corrected chi connectivity index (χ0v) is 10.6. The van der Waals surface area contributed by atoms with Crippen LogP contribution in [0.3, 0.4) is 0 Å². The maximum Gasteiger partial charge on any atom is 0.306 e. The fourth-order valence-corrected chi connectivity index (χ4v) is 1.71. The van der Waals surface area contributed by atoms with Crippen molar-refractivity contribution in [1.82, 2.24) is 5.32 Å². The van der Waals surface area contributed by atoms with Gasteiger partial charge in [0.2, 0.25) is 11.9 Å². The SMILES string of the molecule is COC(=O)C[C@@H]1CN=C(Nc2ccccc2)NC1=O. The number of methoxy groups -OCH3 is 1. The van der Waals surface area contributed by atoms with E-state index in [1.54, 1.807) is 0 Å². The predicted octanol–water partition coefficient (Wildman–Crippen LogP) is 0.764. The molecule has 0 aromatic heterocycles. The lowest BCUT2D eigenvalue weighted by atomic mass is 10.0. The minimum absolute atomic E-state index is 0.0461. The molecule has 0 spiro atoms. The molecule has 0 fully saturated rings. The fraction of sp³-hybridized carbons (Fsp3) is 0.308. The van der Waals surface area contributed by atoms with Crippen molar-refractivity contribution in [3.8, 4) is 0 Å². The van der Waals surface area contributed by atoms with E-state index in [4.69, 9.17) is 0 Å². The highest BCUT2D eigenvalue weighted by Crippen LogP contribution is 2.11. The van der Waals surface area contributed by atoms with E-state index < -0.39 is 11.9 Å². The third-order valence-corrected chi connectivity index (χ3v) is 2.76. The number of anilines is 1. The number of amides is 1. The summed E-state index contributed by atoms with van der Waals surface area (Å²) in [5.41, 5.74) is 0.841. The van der Waals surface area contributed by atoms with Crippen LogP contribution in [-0.2, 0) is 14.3 Å². The Balaban J connectivity index is 1.96. The number of nitrogens with zero attached hydrogens (tertiary/aromatic N) is 1. The largest absolute Gasteiger partial charge is 0.469 e. The molecule has 0 saturated heterocycles. The lowest BCUT2D eigenvalue weighted by molar-refractivity contribution is -0.143. The molecule has 0 radical (unpaired) electrons. The average molecular weight is 261 g/mol. The van der Waals surface area contributed by atoms with Gasteiger partial charge in [-0.3, -0.25) is 19.9 Å². The Morgan fingerprint density at radius 1 is 1.47 bits per heavy atom. The van der Waals surface area contributed by atoms with Crippen molar-refractivity contribution >= 4 is 23.5 Å². The average Bonchev–Trinajstić information content (AvgIpc) is 2.43. The van der Waals surface area contributed by atoms with Gasteiger partial charge in [-0.15, -0.1) is 0 Å². The summed E-state index contributed by atoms with van der Waals surface area (Å²) in [4.78, 5) is 27.1. The minimum Gasteiger partial charge on any atom is -0.469 e. The second-order valence-corrected chi connectivity index (χ2v) is 4.15. The second-order valence-electron chi connectivity index (χ2n) is 4.15. The van der Waals surface area contributed by atoms with Gasteiger partial charge in [0.05, 0.1) is 26.0 Å². The summed E-state index contributed by atoms with van der Waals surface area (Å²) in [6, 6.07) is 9.41. The molecule has 1 aliphatic heterocycles. The van der Waals surface area contributed by atoms with Crippen molar-refractivity contribution in [2.75, 3.05) is 19.0 Å². The molecule has 0 unspecified atom stereocenters. The van der Waals surface area contributed by atoms with Gasteiger partial charge in [0, 0.05) is 5.69 Å². The van der Waals surface area contributed by atoms with Gasteiger partial charge in [0.25, 0.3) is 0 Å². The van der Waals surface area contributed by atoms with Crippen molar-refractivity contribution in [3.05, 3.63) is 30.3 Å². The monoisotopic (exact) mass is 261 g/mol. The molecule has 2 rings (SSSR count). The Kier molecular flexibility index (Phi) is 4.12. The van der Waals surface area contributed by atoms with Crippen LogP contribution >= 0.6 is 0 Å². The van der Waals surface area contributed by atoms with Crippen molar-refractivity contribution in [3.63, 3.8) is 0 Å². The molecule has 6 heteroatoms. The van der Waals surface area contributed by atoms with Gasteiger partial charge < -0.3 is 10.1 Å². The minimum atomic E-state index is -0.464. The number of carbonyl (C=O) groups is 2. The number of hydrogen-bond donors (Lipinski definition) is 2. The smallest absolute Gasteiger partial charge is 0.306 e. The highest BCUT2D eigenvalue weighted by atomic mass is 16.5. The van der Waals surface area contributed by atoms with Gasteiger partial charge in [0.15, 0.2) is 0 Å². The van der Waals surface area contributed by atoms with Gasteiger partial charge in [-0.05, 0) is 12.1 Å². The lowest BCUT2D eigenvalue weighted by Gasteiger charge is -2.21. The standard InChI is InChI=1S/C13H15N3O3/c1-19-11(17)7-9-8-14-13(16-12(9)18)15-10-5-3-2-4-6-10/h2-6,9H,7-8H2,1H3,(H2,14,15,16,18)/t9-/m1/s1. The summed E-state index contributed by atoms with van der Waals surface area (Å²) in [6.07, 6.45) is 0.0461. The quantitative estimate of drug-likeness (QED) is 0.787. The van der Waals surface area contributed by atoms with Crippen LogP contribution in [0.1, 0.15) is 6.42 Å². The number of rotatable bonds is 3. The highest BCUT2D eigenvalue weighted by molar-refractivity contribution is 6.06. The van der Waals surface area contributed by atoms with Crippen LogP contribution in [-0.4, -0.2) is 31.5 Å². The number of esters is 1. The first-order chi connectivity index (χ1) is 9.19. The number of guanidine groups is 1. The maximum atomic E-state index is 11.8. The number of aliphatic imine (C=N–C) groups is 1. The van der Waals surface area contributed by atoms with Gasteiger partial charge in [-0.2, -0.15) is 0 Å². The van der Waals surface area contributed by atoms with Crippen LogP contribution in [0.4, 0.5) is 5.69 Å². The van der Waals surface area contributed by atoms with E-state index in [1.165, 1.54) is 7.11 Å². The molecule has 1 aromatic carbocycles. The van der Waals surface area contributed by atoms with Crippen LogP contribution < -0.4 is 10.6 Å². The summed E-state index contributed by atoms with van der Waals surface area (Å²) in [7, 11) is 1.30. The molecule has 1 atom stereocenters. The van der Waals surface area contributed by atoms with E-state index in [-0.39, 0.29) is 18.9 Å². The third-order valence-electron chi connectivity index (χ3n) is 2.76. The van der Waals surface area contributed by atoms with Crippen LogP contribution in [0.2, 0.25) is 0 Å². The van der Waals surface area contributed by atoms with E-state index in [0.717, 1.165) is 5.69 Å². The maximum absolute atomic E-state index is 11.8. The zero-order chi connectivity index (χ0) is 13.7. The molecule has 2 N–H and O–H groups in total. The number of ether oxygens (including phenoxy) is 1. The Morgan fingerprint density at radius 2 is 2.21 bits per heavy atom. The summed E-state index contributed by atoms with van der Waals surface area (Å²) in [6.45, 7) is 0.274. The van der Waals surface area contributed by atoms with Crippen LogP contribution in [0.5, 0.6) is 0 Å². The van der Waals surface area contributed by atoms with Crippen LogP contribution in [0.25, 0.3) is 0 Å². The van der Waals surface area contributed by atoms with E-state index in [1.807, 2.05) is 30.3 Å². The summed E-state index contributed by atoms with van der Waals surface area (Å²) < 4.78 is 4.54. The van der Waals surface area contributed by atoms with Crippen LogP contribution in [0.15, 0.2) is 35.3 Å². The Labute approximate surface area is 110 Å². The molecule has 1 aliphatic rings. The summed E-state index contributed by atoms with van der Waals surface area (Å²) >= 11 is 0. The molecular formula is C13H15N3O3. The van der Waals surface area contributed by atoms with Gasteiger partial charge in [-0.1, -0.05) is 18.2 Å². The van der Waals surface area contributed by atoms with Crippen molar-refractivity contribution in [2.24, 2.45) is 10.9 Å². The second kappa shape index (κ2) is 5.99. The Hall–Kier alpha value is -2.37. The Bertz CT molecular complexity index is 499. The number of benzene rings is 1. The van der Waals surface area contributed by atoms with E-state index in [0.29, 0.717) is 5.96 Å². The first-order valence-corrected chi connectivity index (χ1v) is 5.93. The Morgan fingerprint density at radius 3 is 2.84 bits per heavy atom.